The molecule has 0 aliphatic carbocycles. The van der Waals surface area contributed by atoms with Crippen LogP contribution in [0.2, 0.25) is 0 Å². The number of carbonyl (C=O) groups is 1. The summed E-state index contributed by atoms with van der Waals surface area (Å²) in [6.45, 7) is 5.37. The maximum absolute atomic E-state index is 10.8. The Hall–Kier alpha value is -1.01. The molecule has 0 fully saturated rings. The van der Waals surface area contributed by atoms with Gasteiger partial charge in [0.05, 0.1) is 0 Å². The monoisotopic (exact) mass is 167 g/mol. The largest absolute Gasteiger partial charge is 0.286 e. The van der Waals surface area contributed by atoms with Crippen molar-refractivity contribution in [3.63, 3.8) is 0 Å². The van der Waals surface area contributed by atoms with Crippen molar-refractivity contribution in [1.82, 2.24) is 0 Å². The molecule has 11 heavy (non-hydrogen) atoms. The van der Waals surface area contributed by atoms with Gasteiger partial charge in [-0.2, -0.15) is 5.26 Å². The molecule has 0 aliphatic heterocycles. The molecule has 0 aromatic carbocycles. The molecule has 0 saturated carbocycles. The smallest absolute Gasteiger partial charge is 0.207 e. The van der Waals surface area contributed by atoms with Crippen molar-refractivity contribution >= 4 is 16.9 Å². The quantitative estimate of drug-likeness (QED) is 0.478. The highest BCUT2D eigenvalue weighted by atomic mass is 32.2. The van der Waals surface area contributed by atoms with Crippen LogP contribution in [0.25, 0.3) is 0 Å². The fourth-order valence-electron chi connectivity index (χ4n) is 0.546. The minimum Gasteiger partial charge on any atom is -0.286 e. The van der Waals surface area contributed by atoms with Crippen molar-refractivity contribution in [2.24, 2.45) is 0 Å². The minimum atomic E-state index is -0.138. The first-order valence-electron chi connectivity index (χ1n) is 3.11. The third-order valence-corrected chi connectivity index (χ3v) is 1.60. The molecule has 0 amide bonds. The van der Waals surface area contributed by atoms with E-state index in [-0.39, 0.29) is 11.5 Å². The SMILES string of the molecule is C=C/C(=C\C)CC(=O)SC#N. The van der Waals surface area contributed by atoms with Crippen LogP contribution in [-0.2, 0) is 4.79 Å². The summed E-state index contributed by atoms with van der Waals surface area (Å²) < 4.78 is 0. The number of carbonyl (C=O) groups excluding carboxylic acids is 1. The topological polar surface area (TPSA) is 40.9 Å². The Bertz CT molecular complexity index is 225. The van der Waals surface area contributed by atoms with Crippen molar-refractivity contribution in [2.45, 2.75) is 13.3 Å². The molecule has 0 atom stereocenters. The normalized spacial score (nSPS) is 10.4. The first-order chi connectivity index (χ1) is 5.24. The molecule has 0 saturated heterocycles. The molecule has 0 radical (unpaired) electrons. The van der Waals surface area contributed by atoms with E-state index >= 15 is 0 Å². The maximum atomic E-state index is 10.8. The molecular weight excluding hydrogens is 158 g/mol. The zero-order valence-electron chi connectivity index (χ0n) is 6.33. The van der Waals surface area contributed by atoms with Crippen LogP contribution in [0.3, 0.4) is 0 Å². The van der Waals surface area contributed by atoms with E-state index in [2.05, 4.69) is 6.58 Å². The minimum absolute atomic E-state index is 0.138. The van der Waals surface area contributed by atoms with Gasteiger partial charge in [0, 0.05) is 18.2 Å². The lowest BCUT2D eigenvalue weighted by Crippen LogP contribution is -1.90. The molecule has 0 aromatic heterocycles. The van der Waals surface area contributed by atoms with E-state index in [0.717, 1.165) is 5.57 Å². The van der Waals surface area contributed by atoms with Crippen LogP contribution < -0.4 is 0 Å². The van der Waals surface area contributed by atoms with Gasteiger partial charge < -0.3 is 0 Å². The van der Waals surface area contributed by atoms with Crippen LogP contribution in [0.15, 0.2) is 24.3 Å². The molecule has 0 rings (SSSR count). The van der Waals surface area contributed by atoms with Crippen molar-refractivity contribution in [3.8, 4) is 5.40 Å². The lowest BCUT2D eigenvalue weighted by atomic mass is 10.2. The fourth-order valence-corrected chi connectivity index (χ4v) is 0.886. The second-order valence-corrected chi connectivity index (χ2v) is 2.65. The van der Waals surface area contributed by atoms with E-state index in [0.29, 0.717) is 11.8 Å². The zero-order chi connectivity index (χ0) is 8.69. The van der Waals surface area contributed by atoms with Crippen molar-refractivity contribution in [1.29, 1.82) is 5.26 Å². The van der Waals surface area contributed by atoms with Crippen LogP contribution in [0.5, 0.6) is 0 Å². The first-order valence-corrected chi connectivity index (χ1v) is 3.92. The van der Waals surface area contributed by atoms with E-state index in [1.807, 2.05) is 13.0 Å². The lowest BCUT2D eigenvalue weighted by Gasteiger charge is -1.94. The predicted octanol–water partition coefficient (Wildman–Crippen LogP) is 2.25. The van der Waals surface area contributed by atoms with Crippen LogP contribution in [-0.4, -0.2) is 5.12 Å². The van der Waals surface area contributed by atoms with Gasteiger partial charge in [-0.1, -0.05) is 18.7 Å². The van der Waals surface area contributed by atoms with E-state index in [4.69, 9.17) is 5.26 Å². The predicted molar refractivity (Wildman–Crippen MR) is 46.8 cm³/mol. The molecule has 0 bridgehead atoms. The van der Waals surface area contributed by atoms with Gasteiger partial charge in [-0.05, 0) is 12.5 Å². The highest BCUT2D eigenvalue weighted by Gasteiger charge is 2.02. The molecule has 0 aliphatic rings. The van der Waals surface area contributed by atoms with E-state index in [1.165, 1.54) is 0 Å². The average Bonchev–Trinajstić information content (AvgIpc) is 2.01. The summed E-state index contributed by atoms with van der Waals surface area (Å²) >= 11 is 0.668. The molecular formula is C8H9NOS. The number of nitriles is 1. The third-order valence-electron chi connectivity index (χ3n) is 1.14. The van der Waals surface area contributed by atoms with Gasteiger partial charge in [-0.15, -0.1) is 0 Å². The van der Waals surface area contributed by atoms with Gasteiger partial charge in [-0.25, -0.2) is 0 Å². The molecule has 0 heterocycles. The average molecular weight is 167 g/mol. The molecule has 0 N–H and O–H groups in total. The lowest BCUT2D eigenvalue weighted by molar-refractivity contribution is -0.110. The van der Waals surface area contributed by atoms with Crippen LogP contribution in [0, 0.1) is 10.7 Å². The van der Waals surface area contributed by atoms with Crippen LogP contribution in [0.4, 0.5) is 0 Å². The standard InChI is InChI=1S/C8H9NOS/c1-3-7(4-2)5-8(10)11-6-9/h3-4H,1,5H2,2H3/b7-4+. The molecule has 58 valence electrons. The number of nitrogens with zero attached hydrogens (tertiary/aromatic N) is 1. The number of hydrogen-bond donors (Lipinski definition) is 0. The van der Waals surface area contributed by atoms with Gasteiger partial charge in [0.1, 0.15) is 5.40 Å². The van der Waals surface area contributed by atoms with E-state index < -0.39 is 0 Å². The molecule has 0 aromatic rings. The van der Waals surface area contributed by atoms with Crippen LogP contribution in [0.1, 0.15) is 13.3 Å². The molecule has 0 spiro atoms. The number of hydrogen-bond acceptors (Lipinski definition) is 3. The summed E-state index contributed by atoms with van der Waals surface area (Å²) in [4.78, 5) is 10.8. The van der Waals surface area contributed by atoms with Gasteiger partial charge >= 0.3 is 0 Å². The summed E-state index contributed by atoms with van der Waals surface area (Å²) in [6.07, 6.45) is 3.72. The Morgan fingerprint density at radius 2 is 2.45 bits per heavy atom. The first kappa shape index (κ1) is 9.99. The maximum Gasteiger partial charge on any atom is 0.207 e. The number of allylic oxidation sites excluding steroid dienone is 3. The molecule has 3 heteroatoms. The molecule has 0 unspecified atom stereocenters. The zero-order valence-corrected chi connectivity index (χ0v) is 7.15. The second-order valence-electron chi connectivity index (χ2n) is 1.81. The fraction of sp³-hybridized carbons (Fsp3) is 0.250. The second kappa shape index (κ2) is 5.75. The van der Waals surface area contributed by atoms with Gasteiger partial charge in [0.25, 0.3) is 0 Å². The van der Waals surface area contributed by atoms with Crippen molar-refractivity contribution in [3.05, 3.63) is 24.3 Å². The van der Waals surface area contributed by atoms with Crippen LogP contribution >= 0.6 is 11.8 Å². The van der Waals surface area contributed by atoms with Crippen molar-refractivity contribution in [2.75, 3.05) is 0 Å². The summed E-state index contributed by atoms with van der Waals surface area (Å²) in [5.41, 5.74) is 0.859. The summed E-state index contributed by atoms with van der Waals surface area (Å²) in [7, 11) is 0. The Balaban J connectivity index is 3.95. The summed E-state index contributed by atoms with van der Waals surface area (Å²) in [5.74, 6) is 0. The third kappa shape index (κ3) is 4.40. The van der Waals surface area contributed by atoms with E-state index in [9.17, 15) is 4.79 Å². The Morgan fingerprint density at radius 3 is 2.82 bits per heavy atom. The van der Waals surface area contributed by atoms with Gasteiger partial charge in [-0.3, -0.25) is 4.79 Å². The van der Waals surface area contributed by atoms with Gasteiger partial charge in [0.2, 0.25) is 5.12 Å². The molecule has 2 nitrogen and oxygen atoms in total. The number of rotatable bonds is 3. The Labute approximate surface area is 70.6 Å². The summed E-state index contributed by atoms with van der Waals surface area (Å²) in [6, 6.07) is 0. The number of thioether (sulfide) groups is 1. The van der Waals surface area contributed by atoms with E-state index in [1.54, 1.807) is 11.5 Å². The van der Waals surface area contributed by atoms with Gasteiger partial charge in [0.15, 0.2) is 0 Å². The Morgan fingerprint density at radius 1 is 1.82 bits per heavy atom. The summed E-state index contributed by atoms with van der Waals surface area (Å²) in [5, 5.41) is 9.73. The highest BCUT2D eigenvalue weighted by molar-refractivity contribution is 8.17. The number of thiocyanates is 1. The van der Waals surface area contributed by atoms with Crippen molar-refractivity contribution < 1.29 is 4.79 Å². The Kier molecular flexibility index (Phi) is 5.22. The highest BCUT2D eigenvalue weighted by Crippen LogP contribution is 2.10.